The number of methoxy groups -OCH3 is 1. The molecule has 0 aliphatic carbocycles. The highest BCUT2D eigenvalue weighted by Gasteiger charge is 2.40. The average Bonchev–Trinajstić information content (AvgIpc) is 2.92. The van der Waals surface area contributed by atoms with Gasteiger partial charge in [0.1, 0.15) is 5.75 Å². The number of rotatable bonds is 4. The maximum absolute atomic E-state index is 12.8. The molecule has 1 aliphatic heterocycles. The lowest BCUT2D eigenvalue weighted by Crippen LogP contribution is -2.43. The molecule has 0 aromatic carbocycles. The Hall–Kier alpha value is -2.11. The molecule has 6 nitrogen and oxygen atoms in total. The fraction of sp³-hybridized carbons (Fsp3) is 0.632. The molecular weight excluding hydrogens is 318 g/mol. The minimum atomic E-state index is -0.288. The number of carbonyl (C=O) groups excluding carboxylic acids is 2. The zero-order valence-corrected chi connectivity index (χ0v) is 16.3. The summed E-state index contributed by atoms with van der Waals surface area (Å²) in [7, 11) is 3.40. The Morgan fingerprint density at radius 2 is 2.04 bits per heavy atom. The Morgan fingerprint density at radius 1 is 1.40 bits per heavy atom. The van der Waals surface area contributed by atoms with Gasteiger partial charge in [-0.3, -0.25) is 14.6 Å². The third-order valence-corrected chi connectivity index (χ3v) is 4.80. The molecule has 1 aliphatic rings. The molecule has 0 unspecified atom stereocenters. The molecule has 2 amide bonds. The van der Waals surface area contributed by atoms with Gasteiger partial charge in [0.05, 0.1) is 25.3 Å². The number of carbonyl (C=O) groups is 2. The van der Waals surface area contributed by atoms with Crippen LogP contribution >= 0.6 is 0 Å². The van der Waals surface area contributed by atoms with Crippen LogP contribution in [0, 0.1) is 19.8 Å². The van der Waals surface area contributed by atoms with E-state index in [-0.39, 0.29) is 29.7 Å². The van der Waals surface area contributed by atoms with Crippen molar-refractivity contribution in [2.24, 2.45) is 5.92 Å². The number of pyridine rings is 1. The van der Waals surface area contributed by atoms with E-state index in [4.69, 9.17) is 4.74 Å². The summed E-state index contributed by atoms with van der Waals surface area (Å²) in [5.41, 5.74) is 2.48. The van der Waals surface area contributed by atoms with Gasteiger partial charge in [0.25, 0.3) is 0 Å². The van der Waals surface area contributed by atoms with E-state index in [9.17, 15) is 9.59 Å². The molecule has 6 heteroatoms. The van der Waals surface area contributed by atoms with Crippen molar-refractivity contribution in [3.63, 3.8) is 0 Å². The molecule has 1 fully saturated rings. The summed E-state index contributed by atoms with van der Waals surface area (Å²) in [6.07, 6.45) is 2.05. The molecule has 1 saturated heterocycles. The summed E-state index contributed by atoms with van der Waals surface area (Å²) in [6, 6.07) is 0. The second-order valence-electron chi connectivity index (χ2n) is 7.82. The summed E-state index contributed by atoms with van der Waals surface area (Å²) in [5.74, 6) is 0.552. The zero-order valence-electron chi connectivity index (χ0n) is 16.3. The van der Waals surface area contributed by atoms with Crippen LogP contribution in [0.1, 0.15) is 44.0 Å². The van der Waals surface area contributed by atoms with Crippen LogP contribution in [0.4, 0.5) is 0 Å². The van der Waals surface area contributed by atoms with Crippen molar-refractivity contribution in [2.45, 2.75) is 53.1 Å². The normalized spacial score (nSPS) is 17.8. The van der Waals surface area contributed by atoms with Gasteiger partial charge in [-0.2, -0.15) is 0 Å². The first kappa shape index (κ1) is 19.2. The van der Waals surface area contributed by atoms with Gasteiger partial charge in [-0.1, -0.05) is 0 Å². The Kier molecular flexibility index (Phi) is 5.40. The Labute approximate surface area is 150 Å². The minimum Gasteiger partial charge on any atom is -0.496 e. The van der Waals surface area contributed by atoms with Crippen molar-refractivity contribution < 1.29 is 14.3 Å². The summed E-state index contributed by atoms with van der Waals surface area (Å²) >= 11 is 0. The fourth-order valence-electron chi connectivity index (χ4n) is 3.37. The number of likely N-dealkylation sites (tertiary alicyclic amines) is 1. The molecule has 2 heterocycles. The second-order valence-corrected chi connectivity index (χ2v) is 7.82. The van der Waals surface area contributed by atoms with E-state index in [1.54, 1.807) is 30.2 Å². The highest BCUT2D eigenvalue weighted by Crippen LogP contribution is 2.28. The van der Waals surface area contributed by atoms with E-state index in [2.05, 4.69) is 4.98 Å². The van der Waals surface area contributed by atoms with Crippen LogP contribution in [-0.4, -0.2) is 52.8 Å². The van der Waals surface area contributed by atoms with Crippen molar-refractivity contribution in [3.05, 3.63) is 23.0 Å². The SMILES string of the molecule is COc1c(C)cnc(CN(C)C(=O)[C@@H]2CC(=O)N(C(C)(C)C)C2)c1C. The number of amides is 2. The smallest absolute Gasteiger partial charge is 0.228 e. The Balaban J connectivity index is 2.11. The third kappa shape index (κ3) is 3.94. The van der Waals surface area contributed by atoms with Crippen molar-refractivity contribution in [2.75, 3.05) is 20.7 Å². The highest BCUT2D eigenvalue weighted by atomic mass is 16.5. The first-order chi connectivity index (χ1) is 11.6. The maximum Gasteiger partial charge on any atom is 0.228 e. The average molecular weight is 347 g/mol. The maximum atomic E-state index is 12.8. The molecule has 1 aromatic rings. The summed E-state index contributed by atoms with van der Waals surface area (Å²) in [6.45, 7) is 10.8. The van der Waals surface area contributed by atoms with Gasteiger partial charge < -0.3 is 14.5 Å². The first-order valence-electron chi connectivity index (χ1n) is 8.60. The van der Waals surface area contributed by atoms with Gasteiger partial charge >= 0.3 is 0 Å². The van der Waals surface area contributed by atoms with Crippen molar-refractivity contribution in [1.29, 1.82) is 0 Å². The topological polar surface area (TPSA) is 62.7 Å². The molecule has 0 radical (unpaired) electrons. The molecule has 0 saturated carbocycles. The van der Waals surface area contributed by atoms with Crippen molar-refractivity contribution in [1.82, 2.24) is 14.8 Å². The molecule has 0 spiro atoms. The lowest BCUT2D eigenvalue weighted by molar-refractivity contribution is -0.135. The molecule has 1 atom stereocenters. The molecule has 138 valence electrons. The number of aryl methyl sites for hydroxylation is 1. The van der Waals surface area contributed by atoms with Crippen LogP contribution in [0.25, 0.3) is 0 Å². The molecule has 1 aromatic heterocycles. The van der Waals surface area contributed by atoms with Crippen molar-refractivity contribution >= 4 is 11.8 Å². The van der Waals surface area contributed by atoms with Gasteiger partial charge in [-0.15, -0.1) is 0 Å². The van der Waals surface area contributed by atoms with Crippen LogP contribution in [0.15, 0.2) is 6.20 Å². The second kappa shape index (κ2) is 7.02. The lowest BCUT2D eigenvalue weighted by Gasteiger charge is -2.32. The minimum absolute atomic E-state index is 0.0131. The predicted octanol–water partition coefficient (Wildman–Crippen LogP) is 2.31. The van der Waals surface area contributed by atoms with E-state index in [0.29, 0.717) is 13.1 Å². The largest absolute Gasteiger partial charge is 0.496 e. The van der Waals surface area contributed by atoms with Gasteiger partial charge in [0.2, 0.25) is 11.8 Å². The van der Waals surface area contributed by atoms with E-state index >= 15 is 0 Å². The Morgan fingerprint density at radius 3 is 2.56 bits per heavy atom. The third-order valence-electron chi connectivity index (χ3n) is 4.80. The predicted molar refractivity (Wildman–Crippen MR) is 96.3 cm³/mol. The summed E-state index contributed by atoms with van der Waals surface area (Å²) in [5, 5.41) is 0. The van der Waals surface area contributed by atoms with Gasteiger partial charge in [-0.25, -0.2) is 0 Å². The number of hydrogen-bond acceptors (Lipinski definition) is 4. The molecular formula is C19H29N3O3. The summed E-state index contributed by atoms with van der Waals surface area (Å²) in [4.78, 5) is 32.9. The van der Waals surface area contributed by atoms with Crippen LogP contribution in [0.2, 0.25) is 0 Å². The standard InChI is InChI=1S/C19H29N3O3/c1-12-9-20-15(13(2)17(12)25-7)11-21(6)18(24)14-8-16(23)22(10-14)19(3,4)5/h9,14H,8,10-11H2,1-7H3/t14-/m1/s1. The molecule has 2 rings (SSSR count). The fourth-order valence-corrected chi connectivity index (χ4v) is 3.37. The number of nitrogens with zero attached hydrogens (tertiary/aromatic N) is 3. The van der Waals surface area contributed by atoms with Gasteiger partial charge in [0, 0.05) is 42.9 Å². The lowest BCUT2D eigenvalue weighted by atomic mass is 10.1. The van der Waals surface area contributed by atoms with Gasteiger partial charge in [-0.05, 0) is 34.6 Å². The van der Waals surface area contributed by atoms with Crippen LogP contribution in [0.5, 0.6) is 5.75 Å². The highest BCUT2D eigenvalue weighted by molar-refractivity contribution is 5.89. The number of hydrogen-bond donors (Lipinski definition) is 0. The first-order valence-corrected chi connectivity index (χ1v) is 8.60. The van der Waals surface area contributed by atoms with Crippen LogP contribution in [0.3, 0.4) is 0 Å². The number of aromatic nitrogens is 1. The molecule has 0 N–H and O–H groups in total. The number of ether oxygens (including phenoxy) is 1. The van der Waals surface area contributed by atoms with E-state index in [1.165, 1.54) is 0 Å². The van der Waals surface area contributed by atoms with E-state index < -0.39 is 0 Å². The van der Waals surface area contributed by atoms with E-state index in [0.717, 1.165) is 22.6 Å². The quantitative estimate of drug-likeness (QED) is 0.838. The zero-order chi connectivity index (χ0) is 18.9. The van der Waals surface area contributed by atoms with E-state index in [1.807, 2.05) is 34.6 Å². The van der Waals surface area contributed by atoms with Crippen LogP contribution in [-0.2, 0) is 16.1 Å². The van der Waals surface area contributed by atoms with Crippen LogP contribution < -0.4 is 4.74 Å². The monoisotopic (exact) mass is 347 g/mol. The van der Waals surface area contributed by atoms with Gasteiger partial charge in [0.15, 0.2) is 0 Å². The molecule has 0 bridgehead atoms. The van der Waals surface area contributed by atoms with Crippen molar-refractivity contribution in [3.8, 4) is 5.75 Å². The molecule has 25 heavy (non-hydrogen) atoms. The Bertz CT molecular complexity index is 679. The summed E-state index contributed by atoms with van der Waals surface area (Å²) < 4.78 is 5.43.